The van der Waals surface area contributed by atoms with E-state index in [2.05, 4.69) is 4.98 Å². The van der Waals surface area contributed by atoms with Crippen LogP contribution in [0.3, 0.4) is 0 Å². The standard InChI is InChI=1S/C26H23ClN2O6/c1-4-35-16-9-7-8-15(12-16)29-23(19-10-5-6-11-28-19)22(25(31)26(29)32)24(30)17-13-21(34-3)18(27)14-20(17)33-2/h5-14,23,30H,4H2,1-3H3/b24-22+. The van der Waals surface area contributed by atoms with E-state index in [4.69, 9.17) is 25.8 Å². The van der Waals surface area contributed by atoms with Gasteiger partial charge in [0.2, 0.25) is 0 Å². The number of ether oxygens (including phenoxy) is 3. The number of aliphatic hydroxyl groups excluding tert-OH is 1. The highest BCUT2D eigenvalue weighted by molar-refractivity contribution is 6.51. The number of ketones is 1. The van der Waals surface area contributed by atoms with E-state index in [1.54, 1.807) is 48.7 Å². The molecule has 1 saturated heterocycles. The third-order valence-corrected chi connectivity index (χ3v) is 5.84. The molecule has 1 amide bonds. The quantitative estimate of drug-likeness (QED) is 0.287. The van der Waals surface area contributed by atoms with Crippen molar-refractivity contribution in [2.24, 2.45) is 0 Å². The summed E-state index contributed by atoms with van der Waals surface area (Å²) in [4.78, 5) is 32.4. The van der Waals surface area contributed by atoms with E-state index in [0.29, 0.717) is 23.7 Å². The van der Waals surface area contributed by atoms with Gasteiger partial charge in [0, 0.05) is 24.0 Å². The number of aromatic nitrogens is 1. The Morgan fingerprint density at radius 3 is 2.49 bits per heavy atom. The van der Waals surface area contributed by atoms with Gasteiger partial charge in [0.25, 0.3) is 11.7 Å². The molecule has 9 heteroatoms. The third-order valence-electron chi connectivity index (χ3n) is 5.55. The largest absolute Gasteiger partial charge is 0.507 e. The van der Waals surface area contributed by atoms with E-state index in [0.717, 1.165) is 0 Å². The van der Waals surface area contributed by atoms with Gasteiger partial charge in [-0.2, -0.15) is 0 Å². The first-order valence-electron chi connectivity index (χ1n) is 10.8. The molecule has 1 unspecified atom stereocenters. The zero-order chi connectivity index (χ0) is 25.1. The maximum atomic E-state index is 13.4. The first-order chi connectivity index (χ1) is 16.9. The lowest BCUT2D eigenvalue weighted by atomic mass is 9.97. The monoisotopic (exact) mass is 494 g/mol. The van der Waals surface area contributed by atoms with Crippen LogP contribution in [0.15, 0.2) is 66.4 Å². The zero-order valence-electron chi connectivity index (χ0n) is 19.3. The molecule has 1 N–H and O–H groups in total. The Balaban J connectivity index is 1.96. The van der Waals surface area contributed by atoms with Gasteiger partial charge in [-0.3, -0.25) is 19.5 Å². The SMILES string of the molecule is CCOc1cccc(N2C(=O)C(=O)/C(=C(/O)c3cc(OC)c(Cl)cc3OC)C2c2ccccn2)c1. The number of methoxy groups -OCH3 is 2. The van der Waals surface area contributed by atoms with Gasteiger partial charge in [0.1, 0.15) is 29.0 Å². The lowest BCUT2D eigenvalue weighted by Crippen LogP contribution is -2.29. The van der Waals surface area contributed by atoms with Gasteiger partial charge in [-0.05, 0) is 37.3 Å². The number of pyridine rings is 1. The smallest absolute Gasteiger partial charge is 0.300 e. The van der Waals surface area contributed by atoms with E-state index in [1.807, 2.05) is 6.92 Å². The molecule has 4 rings (SSSR count). The zero-order valence-corrected chi connectivity index (χ0v) is 20.1. The molecule has 0 saturated carbocycles. The van der Waals surface area contributed by atoms with Gasteiger partial charge in [-0.25, -0.2) is 0 Å². The minimum absolute atomic E-state index is 0.141. The Bertz CT molecular complexity index is 1310. The molecule has 1 aromatic heterocycles. The van der Waals surface area contributed by atoms with E-state index in [1.165, 1.54) is 31.3 Å². The third kappa shape index (κ3) is 4.40. The van der Waals surface area contributed by atoms with Crippen molar-refractivity contribution in [3.05, 3.63) is 82.6 Å². The molecule has 8 nitrogen and oxygen atoms in total. The normalized spacial score (nSPS) is 16.9. The van der Waals surface area contributed by atoms with Crippen LogP contribution in [0.5, 0.6) is 17.2 Å². The van der Waals surface area contributed by atoms with Crippen molar-refractivity contribution in [3.63, 3.8) is 0 Å². The molecule has 180 valence electrons. The fourth-order valence-electron chi connectivity index (χ4n) is 4.00. The van der Waals surface area contributed by atoms with Gasteiger partial charge in [0.15, 0.2) is 0 Å². The molecule has 35 heavy (non-hydrogen) atoms. The molecule has 0 spiro atoms. The number of carbonyl (C=O) groups is 2. The summed E-state index contributed by atoms with van der Waals surface area (Å²) in [5.41, 5.74) is 0.831. The van der Waals surface area contributed by atoms with Crippen LogP contribution in [-0.2, 0) is 9.59 Å². The van der Waals surface area contributed by atoms with Crippen LogP contribution in [0.25, 0.3) is 5.76 Å². The second-order valence-corrected chi connectivity index (χ2v) is 7.95. The average Bonchev–Trinajstić information content (AvgIpc) is 3.14. The molecule has 1 aliphatic rings. The first-order valence-corrected chi connectivity index (χ1v) is 11.2. The highest BCUT2D eigenvalue weighted by Crippen LogP contribution is 2.44. The molecular weight excluding hydrogens is 472 g/mol. The highest BCUT2D eigenvalue weighted by Gasteiger charge is 2.48. The average molecular weight is 495 g/mol. The number of Topliss-reactive ketones (excluding diaryl/α,β-unsaturated/α-hetero) is 1. The molecule has 2 heterocycles. The fourth-order valence-corrected chi connectivity index (χ4v) is 4.23. The van der Waals surface area contributed by atoms with Crippen LogP contribution in [0.2, 0.25) is 5.02 Å². The van der Waals surface area contributed by atoms with E-state index in [9.17, 15) is 14.7 Å². The molecule has 1 aliphatic heterocycles. The first kappa shape index (κ1) is 24.1. The summed E-state index contributed by atoms with van der Waals surface area (Å²) >= 11 is 6.21. The lowest BCUT2D eigenvalue weighted by molar-refractivity contribution is -0.132. The van der Waals surface area contributed by atoms with Crippen molar-refractivity contribution in [2.45, 2.75) is 13.0 Å². The van der Waals surface area contributed by atoms with Crippen molar-refractivity contribution in [3.8, 4) is 17.2 Å². The number of halogens is 1. The van der Waals surface area contributed by atoms with Crippen LogP contribution in [0, 0.1) is 0 Å². The topological polar surface area (TPSA) is 98.2 Å². The Morgan fingerprint density at radius 1 is 1.06 bits per heavy atom. The molecule has 3 aromatic rings. The molecule has 1 atom stereocenters. The Labute approximate surface area is 207 Å². The van der Waals surface area contributed by atoms with Crippen molar-refractivity contribution in [1.29, 1.82) is 0 Å². The van der Waals surface area contributed by atoms with Crippen LogP contribution >= 0.6 is 11.6 Å². The summed E-state index contributed by atoms with van der Waals surface area (Å²) in [6.45, 7) is 2.28. The second-order valence-electron chi connectivity index (χ2n) is 7.54. The Hall–Kier alpha value is -4.04. The lowest BCUT2D eigenvalue weighted by Gasteiger charge is -2.25. The molecular formula is C26H23ClN2O6. The van der Waals surface area contributed by atoms with Crippen molar-refractivity contribution in [1.82, 2.24) is 4.98 Å². The predicted octanol–water partition coefficient (Wildman–Crippen LogP) is 4.78. The number of amides is 1. The number of nitrogens with zero attached hydrogens (tertiary/aromatic N) is 2. The Kier molecular flexibility index (Phi) is 6.93. The maximum Gasteiger partial charge on any atom is 0.300 e. The van der Waals surface area contributed by atoms with Gasteiger partial charge < -0.3 is 19.3 Å². The summed E-state index contributed by atoms with van der Waals surface area (Å²) < 4.78 is 16.2. The van der Waals surface area contributed by atoms with Crippen LogP contribution in [-0.4, -0.2) is 42.6 Å². The minimum Gasteiger partial charge on any atom is -0.507 e. The van der Waals surface area contributed by atoms with Gasteiger partial charge in [-0.1, -0.05) is 23.7 Å². The summed E-state index contributed by atoms with van der Waals surface area (Å²) in [6.07, 6.45) is 1.55. The summed E-state index contributed by atoms with van der Waals surface area (Å²) in [5, 5.41) is 11.7. The number of aliphatic hydroxyl groups is 1. The summed E-state index contributed by atoms with van der Waals surface area (Å²) in [5.74, 6) is -1.10. The molecule has 1 fully saturated rings. The van der Waals surface area contributed by atoms with Gasteiger partial charge in [0.05, 0.1) is 42.7 Å². The van der Waals surface area contributed by atoms with E-state index in [-0.39, 0.29) is 27.7 Å². The van der Waals surface area contributed by atoms with Crippen molar-refractivity contribution >= 4 is 34.7 Å². The van der Waals surface area contributed by atoms with E-state index >= 15 is 0 Å². The molecule has 2 aromatic carbocycles. The number of benzene rings is 2. The van der Waals surface area contributed by atoms with Gasteiger partial charge in [-0.15, -0.1) is 0 Å². The maximum absolute atomic E-state index is 13.4. The van der Waals surface area contributed by atoms with Crippen molar-refractivity contribution < 1.29 is 28.9 Å². The number of carbonyl (C=O) groups excluding carboxylic acids is 2. The summed E-state index contributed by atoms with van der Waals surface area (Å²) in [6, 6.07) is 13.9. The number of hydrogen-bond acceptors (Lipinski definition) is 7. The number of anilines is 1. The van der Waals surface area contributed by atoms with Crippen LogP contribution < -0.4 is 19.1 Å². The summed E-state index contributed by atoms with van der Waals surface area (Å²) in [7, 11) is 2.83. The van der Waals surface area contributed by atoms with Crippen molar-refractivity contribution in [2.75, 3.05) is 25.7 Å². The van der Waals surface area contributed by atoms with Crippen LogP contribution in [0.4, 0.5) is 5.69 Å². The predicted molar refractivity (Wildman–Crippen MR) is 131 cm³/mol. The number of rotatable bonds is 7. The molecule has 0 radical (unpaired) electrons. The fraction of sp³-hybridized carbons (Fsp3) is 0.192. The Morgan fingerprint density at radius 2 is 1.83 bits per heavy atom. The van der Waals surface area contributed by atoms with E-state index < -0.39 is 23.5 Å². The van der Waals surface area contributed by atoms with Gasteiger partial charge >= 0.3 is 0 Å². The minimum atomic E-state index is -1.00. The molecule has 0 aliphatic carbocycles. The molecule has 0 bridgehead atoms. The second kappa shape index (κ2) is 10.1. The van der Waals surface area contributed by atoms with Crippen LogP contribution in [0.1, 0.15) is 24.2 Å². The highest BCUT2D eigenvalue weighted by atomic mass is 35.5. The number of hydrogen-bond donors (Lipinski definition) is 1.